The Morgan fingerprint density at radius 3 is 2.43 bits per heavy atom. The van der Waals surface area contributed by atoms with Gasteiger partial charge in [0.1, 0.15) is 12.2 Å². The van der Waals surface area contributed by atoms with Crippen LogP contribution in [0, 0.1) is 11.6 Å². The van der Waals surface area contributed by atoms with E-state index in [4.69, 9.17) is 11.6 Å². The second-order valence-corrected chi connectivity index (χ2v) is 8.81. The van der Waals surface area contributed by atoms with Crippen molar-refractivity contribution in [1.82, 2.24) is 14.5 Å². The highest BCUT2D eigenvalue weighted by atomic mass is 35.5. The minimum absolute atomic E-state index is 0.0120. The lowest BCUT2D eigenvalue weighted by molar-refractivity contribution is -0.142. The molecule has 0 bridgehead atoms. The number of phenols is 1. The quantitative estimate of drug-likeness (QED) is 0.527. The van der Waals surface area contributed by atoms with Crippen LogP contribution in [0.5, 0.6) is 5.75 Å². The van der Waals surface area contributed by atoms with E-state index in [-0.39, 0.29) is 29.5 Å². The molecule has 13 heteroatoms. The van der Waals surface area contributed by atoms with Crippen LogP contribution in [0.3, 0.4) is 0 Å². The van der Waals surface area contributed by atoms with Crippen LogP contribution < -0.4 is 4.90 Å². The van der Waals surface area contributed by atoms with Crippen LogP contribution in [0.1, 0.15) is 40.5 Å². The van der Waals surface area contributed by atoms with E-state index in [1.54, 1.807) is 0 Å². The standard InChI is InChI=1S/C22H16ClF5N4O3/c23-19-15-5-11(10-1-2-10)6-17(22(26,27)28)32(15)29-20(19)21(35)30-3-4-31(18(34)9-30)14-7-13(25)16(33)8-12(14)24/h5-8,10,33H,1-4,9H2. The maximum Gasteiger partial charge on any atom is 0.433 e. The number of anilines is 1. The molecule has 7 nitrogen and oxygen atoms in total. The van der Waals surface area contributed by atoms with Gasteiger partial charge >= 0.3 is 6.18 Å². The van der Waals surface area contributed by atoms with Gasteiger partial charge in [0, 0.05) is 25.2 Å². The Bertz CT molecular complexity index is 1390. The highest BCUT2D eigenvalue weighted by Gasteiger charge is 2.39. The number of pyridine rings is 1. The molecule has 35 heavy (non-hydrogen) atoms. The van der Waals surface area contributed by atoms with E-state index in [1.807, 2.05) is 0 Å². The number of hydrogen-bond acceptors (Lipinski definition) is 4. The molecular formula is C22H16ClF5N4O3. The van der Waals surface area contributed by atoms with Gasteiger partial charge in [-0.05, 0) is 36.5 Å². The van der Waals surface area contributed by atoms with Crippen molar-refractivity contribution in [3.05, 3.63) is 57.9 Å². The van der Waals surface area contributed by atoms with Crippen LogP contribution >= 0.6 is 11.6 Å². The summed E-state index contributed by atoms with van der Waals surface area (Å²) >= 11 is 6.30. The average Bonchev–Trinajstić information content (AvgIpc) is 3.59. The van der Waals surface area contributed by atoms with Gasteiger partial charge in [-0.25, -0.2) is 13.3 Å². The number of benzene rings is 1. The zero-order valence-electron chi connectivity index (χ0n) is 17.7. The number of aromatic hydroxyl groups is 1. The zero-order chi connectivity index (χ0) is 25.2. The van der Waals surface area contributed by atoms with E-state index >= 15 is 0 Å². The van der Waals surface area contributed by atoms with Gasteiger partial charge in [0.05, 0.1) is 16.2 Å². The van der Waals surface area contributed by atoms with Gasteiger partial charge in [0.15, 0.2) is 23.1 Å². The molecule has 2 fully saturated rings. The number of halogens is 6. The lowest BCUT2D eigenvalue weighted by atomic mass is 10.1. The van der Waals surface area contributed by atoms with Crippen LogP contribution in [-0.4, -0.2) is 51.1 Å². The molecule has 3 aromatic rings. The normalized spacial score (nSPS) is 16.9. The van der Waals surface area contributed by atoms with Crippen molar-refractivity contribution in [2.24, 2.45) is 0 Å². The number of aromatic nitrogens is 2. The second-order valence-electron chi connectivity index (χ2n) is 8.43. The molecule has 5 rings (SSSR count). The third kappa shape index (κ3) is 4.05. The molecule has 3 heterocycles. The largest absolute Gasteiger partial charge is 0.505 e. The number of hydrogen-bond donors (Lipinski definition) is 1. The summed E-state index contributed by atoms with van der Waals surface area (Å²) in [6, 6.07) is 3.66. The van der Waals surface area contributed by atoms with Crippen LogP contribution in [-0.2, 0) is 11.0 Å². The van der Waals surface area contributed by atoms with Crippen LogP contribution in [0.4, 0.5) is 27.6 Å². The van der Waals surface area contributed by atoms with E-state index in [1.165, 1.54) is 6.07 Å². The van der Waals surface area contributed by atoms with Gasteiger partial charge < -0.3 is 14.9 Å². The fourth-order valence-electron chi connectivity index (χ4n) is 4.11. The van der Waals surface area contributed by atoms with Gasteiger partial charge in [-0.3, -0.25) is 9.59 Å². The van der Waals surface area contributed by atoms with Gasteiger partial charge in [-0.15, -0.1) is 0 Å². The topological polar surface area (TPSA) is 78.2 Å². The fourth-order valence-corrected chi connectivity index (χ4v) is 4.37. The summed E-state index contributed by atoms with van der Waals surface area (Å²) in [6.07, 6.45) is -3.24. The van der Waals surface area contributed by atoms with Crippen molar-refractivity contribution in [2.75, 3.05) is 24.5 Å². The second kappa shape index (κ2) is 8.08. The molecule has 0 atom stereocenters. The summed E-state index contributed by atoms with van der Waals surface area (Å²) in [7, 11) is 0. The lowest BCUT2D eigenvalue weighted by Gasteiger charge is -2.34. The van der Waals surface area contributed by atoms with E-state index < -0.39 is 59.0 Å². The van der Waals surface area contributed by atoms with Crippen molar-refractivity contribution in [1.29, 1.82) is 0 Å². The fraction of sp³-hybridized carbons (Fsp3) is 0.318. The smallest absolute Gasteiger partial charge is 0.433 e. The molecule has 184 valence electrons. The number of carbonyl (C=O) groups is 2. The third-order valence-electron chi connectivity index (χ3n) is 6.05. The molecule has 2 aliphatic rings. The summed E-state index contributed by atoms with van der Waals surface area (Å²) in [4.78, 5) is 27.7. The van der Waals surface area contributed by atoms with E-state index in [2.05, 4.69) is 5.10 Å². The molecular weight excluding hydrogens is 499 g/mol. The molecule has 1 saturated carbocycles. The molecule has 1 aliphatic heterocycles. The number of alkyl halides is 3. The summed E-state index contributed by atoms with van der Waals surface area (Å²) in [6.45, 7) is -0.934. The number of nitrogens with zero attached hydrogens (tertiary/aromatic N) is 4. The van der Waals surface area contributed by atoms with Crippen molar-refractivity contribution >= 4 is 34.6 Å². The molecule has 2 aromatic heterocycles. The number of piperazine rings is 1. The Morgan fingerprint density at radius 1 is 1.09 bits per heavy atom. The molecule has 1 aliphatic carbocycles. The minimum atomic E-state index is -4.75. The summed E-state index contributed by atoms with van der Waals surface area (Å²) in [5, 5.41) is 12.8. The lowest BCUT2D eigenvalue weighted by Crippen LogP contribution is -2.52. The van der Waals surface area contributed by atoms with Crippen molar-refractivity contribution in [2.45, 2.75) is 24.9 Å². The molecule has 0 radical (unpaired) electrons. The first-order valence-corrected chi connectivity index (χ1v) is 10.9. The van der Waals surface area contributed by atoms with E-state index in [0.717, 1.165) is 28.7 Å². The van der Waals surface area contributed by atoms with Gasteiger partial charge in [0.2, 0.25) is 5.91 Å². The van der Waals surface area contributed by atoms with Crippen molar-refractivity contribution in [3.63, 3.8) is 0 Å². The third-order valence-corrected chi connectivity index (χ3v) is 6.43. The SMILES string of the molecule is O=C(c1nn2c(C(F)(F)F)cc(C3CC3)cc2c1Cl)N1CCN(c2cc(F)c(O)cc2F)C(=O)C1. The molecule has 0 spiro atoms. The van der Waals surface area contributed by atoms with Crippen molar-refractivity contribution in [3.8, 4) is 5.75 Å². The summed E-state index contributed by atoms with van der Waals surface area (Å²) in [5.74, 6) is -4.73. The Labute approximate surface area is 199 Å². The molecule has 1 saturated heterocycles. The van der Waals surface area contributed by atoms with Crippen LogP contribution in [0.15, 0.2) is 24.3 Å². The number of fused-ring (bicyclic) bond motifs is 1. The predicted molar refractivity (Wildman–Crippen MR) is 113 cm³/mol. The summed E-state index contributed by atoms with van der Waals surface area (Å²) < 4.78 is 69.5. The molecule has 1 N–H and O–H groups in total. The number of rotatable bonds is 3. The average molecular weight is 515 g/mol. The Balaban J connectivity index is 1.45. The Kier molecular flexibility index (Phi) is 5.38. The minimum Gasteiger partial charge on any atom is -0.505 e. The number of phenolic OH excluding ortho intramolecular Hbond substituents is 1. The van der Waals surface area contributed by atoms with E-state index in [9.17, 15) is 36.6 Å². The van der Waals surface area contributed by atoms with Crippen molar-refractivity contribution < 1.29 is 36.6 Å². The van der Waals surface area contributed by atoms with Gasteiger partial charge in [0.25, 0.3) is 5.91 Å². The van der Waals surface area contributed by atoms with E-state index in [0.29, 0.717) is 22.2 Å². The molecule has 0 unspecified atom stereocenters. The van der Waals surface area contributed by atoms with Gasteiger partial charge in [-0.1, -0.05) is 11.6 Å². The highest BCUT2D eigenvalue weighted by molar-refractivity contribution is 6.36. The highest BCUT2D eigenvalue weighted by Crippen LogP contribution is 2.43. The Hall–Kier alpha value is -3.41. The number of carbonyl (C=O) groups excluding carboxylic acids is 2. The molecule has 1 aromatic carbocycles. The first-order valence-electron chi connectivity index (χ1n) is 10.5. The summed E-state index contributed by atoms with van der Waals surface area (Å²) in [5.41, 5.74) is -1.54. The van der Waals surface area contributed by atoms with Crippen LogP contribution in [0.25, 0.3) is 5.52 Å². The van der Waals surface area contributed by atoms with Gasteiger partial charge in [-0.2, -0.15) is 18.3 Å². The monoisotopic (exact) mass is 514 g/mol. The van der Waals surface area contributed by atoms with Crippen LogP contribution in [0.2, 0.25) is 5.02 Å². The zero-order valence-corrected chi connectivity index (χ0v) is 18.5. The maximum absolute atomic E-state index is 14.2. The number of amides is 2. The predicted octanol–water partition coefficient (Wildman–Crippen LogP) is 4.36. The Morgan fingerprint density at radius 2 is 1.80 bits per heavy atom. The molecule has 2 amide bonds. The first kappa shape index (κ1) is 23.3. The first-order chi connectivity index (χ1) is 16.5. The maximum atomic E-state index is 14.2.